The Morgan fingerprint density at radius 3 is 2.72 bits per heavy atom. The van der Waals surface area contributed by atoms with Gasteiger partial charge in [0.05, 0.1) is 11.9 Å². The summed E-state index contributed by atoms with van der Waals surface area (Å²) in [5, 5.41) is 6.27. The van der Waals surface area contributed by atoms with E-state index in [9.17, 15) is 8.78 Å². The minimum absolute atomic E-state index is 0.00694. The molecule has 0 bridgehead atoms. The van der Waals surface area contributed by atoms with Crippen LogP contribution in [0.25, 0.3) is 16.9 Å². The van der Waals surface area contributed by atoms with Crippen molar-refractivity contribution in [1.29, 1.82) is 0 Å². The summed E-state index contributed by atoms with van der Waals surface area (Å²) in [6.07, 6.45) is 3.62. The van der Waals surface area contributed by atoms with Crippen LogP contribution in [0.5, 0.6) is 0 Å². The van der Waals surface area contributed by atoms with Crippen molar-refractivity contribution < 1.29 is 8.78 Å². The number of hydrogen-bond donors (Lipinski definition) is 2. The van der Waals surface area contributed by atoms with E-state index in [0.717, 1.165) is 55.9 Å². The number of fused-ring (bicyclic) bond motifs is 2. The number of rotatable bonds is 7. The standard InChI is InChI=1S/C26H30F2N8/c1-15(2)24-16(3)31-25-19(27)11-18(14-36(24)25)23-20(28)12-30-26(34-23)33-22-6-5-17-13-35(10-8-29-4)9-7-21(17)32-22/h5-6,11-12,14-15,29H,7-10,13H2,1-4H3,(H,30,32,33,34). The summed E-state index contributed by atoms with van der Waals surface area (Å²) in [4.78, 5) is 19.9. The van der Waals surface area contributed by atoms with Crippen LogP contribution in [0.1, 0.15) is 42.4 Å². The van der Waals surface area contributed by atoms with Crippen molar-refractivity contribution in [2.24, 2.45) is 0 Å². The molecule has 0 radical (unpaired) electrons. The van der Waals surface area contributed by atoms with Gasteiger partial charge < -0.3 is 15.0 Å². The van der Waals surface area contributed by atoms with E-state index in [1.165, 1.54) is 11.6 Å². The van der Waals surface area contributed by atoms with Crippen LogP contribution >= 0.6 is 0 Å². The Bertz CT molecular complexity index is 1420. The third-order valence-electron chi connectivity index (χ3n) is 6.51. The van der Waals surface area contributed by atoms with Gasteiger partial charge in [-0.15, -0.1) is 0 Å². The molecule has 1 aliphatic rings. The Hall–Kier alpha value is -3.50. The second-order valence-corrected chi connectivity index (χ2v) is 9.45. The minimum atomic E-state index is -0.637. The molecule has 8 nitrogen and oxygen atoms in total. The van der Waals surface area contributed by atoms with Gasteiger partial charge >= 0.3 is 0 Å². The van der Waals surface area contributed by atoms with E-state index < -0.39 is 11.6 Å². The summed E-state index contributed by atoms with van der Waals surface area (Å²) in [6.45, 7) is 9.62. The highest BCUT2D eigenvalue weighted by Crippen LogP contribution is 2.29. The topological polar surface area (TPSA) is 83.3 Å². The second-order valence-electron chi connectivity index (χ2n) is 9.45. The molecule has 0 saturated heterocycles. The van der Waals surface area contributed by atoms with Gasteiger partial charge in [0.1, 0.15) is 11.5 Å². The summed E-state index contributed by atoms with van der Waals surface area (Å²) < 4.78 is 31.4. The summed E-state index contributed by atoms with van der Waals surface area (Å²) in [7, 11) is 1.96. The van der Waals surface area contributed by atoms with Crippen molar-refractivity contribution in [3.05, 3.63) is 64.9 Å². The lowest BCUT2D eigenvalue weighted by molar-refractivity contribution is 0.254. The molecule has 188 valence electrons. The largest absolute Gasteiger partial charge is 0.318 e. The van der Waals surface area contributed by atoms with Crippen molar-refractivity contribution >= 4 is 17.4 Å². The summed E-state index contributed by atoms with van der Waals surface area (Å²) >= 11 is 0. The highest BCUT2D eigenvalue weighted by atomic mass is 19.1. The van der Waals surface area contributed by atoms with Crippen molar-refractivity contribution in [2.45, 2.75) is 39.7 Å². The van der Waals surface area contributed by atoms with Crippen molar-refractivity contribution in [3.63, 3.8) is 0 Å². The number of nitrogens with one attached hydrogen (secondary N) is 2. The molecule has 0 atom stereocenters. The van der Waals surface area contributed by atoms with E-state index in [-0.39, 0.29) is 23.2 Å². The molecule has 10 heteroatoms. The number of pyridine rings is 2. The maximum absolute atomic E-state index is 14.9. The quantitative estimate of drug-likeness (QED) is 0.400. The first-order valence-electron chi connectivity index (χ1n) is 12.2. The highest BCUT2D eigenvalue weighted by molar-refractivity contribution is 5.64. The molecule has 36 heavy (non-hydrogen) atoms. The lowest BCUT2D eigenvalue weighted by Crippen LogP contribution is -2.35. The zero-order valence-corrected chi connectivity index (χ0v) is 20.9. The normalized spacial score (nSPS) is 14.0. The van der Waals surface area contributed by atoms with Crippen LogP contribution in [-0.2, 0) is 13.0 Å². The van der Waals surface area contributed by atoms with Gasteiger partial charge in [-0.05, 0) is 37.6 Å². The number of likely N-dealkylation sites (N-methyl/N-ethyl adjacent to an activating group) is 1. The average molecular weight is 493 g/mol. The third-order valence-corrected chi connectivity index (χ3v) is 6.51. The number of aromatic nitrogens is 5. The Balaban J connectivity index is 1.43. The molecule has 0 fully saturated rings. The zero-order chi connectivity index (χ0) is 25.4. The molecule has 0 aromatic carbocycles. The van der Waals surface area contributed by atoms with E-state index >= 15 is 0 Å². The first-order chi connectivity index (χ1) is 17.3. The molecule has 5 heterocycles. The molecule has 4 aromatic rings. The molecular weight excluding hydrogens is 462 g/mol. The SMILES string of the molecule is CNCCN1CCc2nc(Nc3ncc(F)c(-c4cc(F)c5nc(C)c(C(C)C)n5c4)n3)ccc2C1. The first kappa shape index (κ1) is 24.2. The number of nitrogens with zero attached hydrogens (tertiary/aromatic N) is 6. The maximum atomic E-state index is 14.9. The Labute approximate surface area is 208 Å². The van der Waals surface area contributed by atoms with Crippen LogP contribution in [-0.4, -0.2) is 55.9 Å². The van der Waals surface area contributed by atoms with Crippen molar-refractivity contribution in [3.8, 4) is 11.3 Å². The van der Waals surface area contributed by atoms with E-state index in [0.29, 0.717) is 11.4 Å². The molecular formula is C26H30F2N8. The van der Waals surface area contributed by atoms with Crippen LogP contribution in [0.2, 0.25) is 0 Å². The smallest absolute Gasteiger partial charge is 0.229 e. The van der Waals surface area contributed by atoms with Gasteiger partial charge in [-0.1, -0.05) is 19.9 Å². The van der Waals surface area contributed by atoms with Crippen molar-refractivity contribution in [2.75, 3.05) is 32.0 Å². The fraction of sp³-hybridized carbons (Fsp3) is 0.385. The molecule has 2 N–H and O–H groups in total. The van der Waals surface area contributed by atoms with E-state index in [1.807, 2.05) is 33.9 Å². The van der Waals surface area contributed by atoms with Gasteiger partial charge in [-0.3, -0.25) is 4.90 Å². The lowest BCUT2D eigenvalue weighted by atomic mass is 10.1. The van der Waals surface area contributed by atoms with Crippen LogP contribution in [0.15, 0.2) is 30.6 Å². The number of halogens is 2. The minimum Gasteiger partial charge on any atom is -0.318 e. The van der Waals surface area contributed by atoms with Crippen LogP contribution < -0.4 is 10.6 Å². The summed E-state index contributed by atoms with van der Waals surface area (Å²) in [6, 6.07) is 5.19. The van der Waals surface area contributed by atoms with Gasteiger partial charge in [0.2, 0.25) is 5.95 Å². The van der Waals surface area contributed by atoms with Crippen molar-refractivity contribution in [1.82, 2.24) is 34.6 Å². The Morgan fingerprint density at radius 2 is 1.94 bits per heavy atom. The lowest BCUT2D eigenvalue weighted by Gasteiger charge is -2.28. The van der Waals surface area contributed by atoms with Gasteiger partial charge in [0.15, 0.2) is 17.3 Å². The zero-order valence-electron chi connectivity index (χ0n) is 20.9. The predicted molar refractivity (Wildman–Crippen MR) is 135 cm³/mol. The van der Waals surface area contributed by atoms with E-state index in [2.05, 4.69) is 36.6 Å². The number of imidazole rings is 1. The maximum Gasteiger partial charge on any atom is 0.229 e. The Kier molecular flexibility index (Phi) is 6.63. The fourth-order valence-corrected chi connectivity index (χ4v) is 4.81. The molecule has 4 aromatic heterocycles. The number of hydrogen-bond acceptors (Lipinski definition) is 7. The van der Waals surface area contributed by atoms with Gasteiger partial charge in [-0.25, -0.2) is 28.7 Å². The van der Waals surface area contributed by atoms with Gasteiger partial charge in [0, 0.05) is 55.7 Å². The van der Waals surface area contributed by atoms with Gasteiger partial charge in [0.25, 0.3) is 0 Å². The van der Waals surface area contributed by atoms with Crippen LogP contribution in [0.3, 0.4) is 0 Å². The molecule has 1 aliphatic heterocycles. The Morgan fingerprint density at radius 1 is 1.11 bits per heavy atom. The van der Waals surface area contributed by atoms with E-state index in [1.54, 1.807) is 10.6 Å². The summed E-state index contributed by atoms with van der Waals surface area (Å²) in [5.41, 5.74) is 4.39. The molecule has 0 amide bonds. The fourth-order valence-electron chi connectivity index (χ4n) is 4.81. The molecule has 0 saturated carbocycles. The predicted octanol–water partition coefficient (Wildman–Crippen LogP) is 4.22. The van der Waals surface area contributed by atoms with Crippen LogP contribution in [0.4, 0.5) is 20.5 Å². The summed E-state index contributed by atoms with van der Waals surface area (Å²) in [5.74, 6) is -0.273. The van der Waals surface area contributed by atoms with E-state index in [4.69, 9.17) is 4.98 Å². The average Bonchev–Trinajstić information content (AvgIpc) is 3.20. The molecule has 0 aliphatic carbocycles. The molecule has 0 unspecified atom stereocenters. The molecule has 5 rings (SSSR count). The van der Waals surface area contributed by atoms with Crippen LogP contribution in [0, 0.1) is 18.6 Å². The first-order valence-corrected chi connectivity index (χ1v) is 12.2. The number of aryl methyl sites for hydroxylation is 1. The third kappa shape index (κ3) is 4.66. The molecule has 0 spiro atoms. The highest BCUT2D eigenvalue weighted by Gasteiger charge is 2.20. The van der Waals surface area contributed by atoms with Gasteiger partial charge in [-0.2, -0.15) is 0 Å². The monoisotopic (exact) mass is 492 g/mol. The number of anilines is 2. The second kappa shape index (κ2) is 9.87.